The quantitative estimate of drug-likeness (QED) is 0.187. The summed E-state index contributed by atoms with van der Waals surface area (Å²) in [5, 5.41) is 8.67. The van der Waals surface area contributed by atoms with Crippen LogP contribution in [-0.2, 0) is 17.8 Å². The zero-order valence-electron chi connectivity index (χ0n) is 24.0. The normalized spacial score (nSPS) is 18.2. The van der Waals surface area contributed by atoms with E-state index >= 15 is 0 Å². The summed E-state index contributed by atoms with van der Waals surface area (Å²) in [6, 6.07) is 34.1. The Hall–Kier alpha value is -4.23. The summed E-state index contributed by atoms with van der Waals surface area (Å²) in [4.78, 5) is 35.1. The van der Waals surface area contributed by atoms with Crippen LogP contribution in [0.5, 0.6) is 0 Å². The van der Waals surface area contributed by atoms with Gasteiger partial charge in [0.2, 0.25) is 0 Å². The summed E-state index contributed by atoms with van der Waals surface area (Å²) in [6.45, 7) is 0.972. The predicted molar refractivity (Wildman–Crippen MR) is 177 cm³/mol. The minimum atomic E-state index is -1.21. The topological polar surface area (TPSA) is 74.3 Å². The summed E-state index contributed by atoms with van der Waals surface area (Å²) in [6.07, 6.45) is 3.23. The molecule has 0 bridgehead atoms. The van der Waals surface area contributed by atoms with Gasteiger partial charge in [-0.25, -0.2) is 0 Å². The highest BCUT2D eigenvalue weighted by Crippen LogP contribution is 2.36. The average Bonchev–Trinajstić information content (AvgIpc) is 3.04. The van der Waals surface area contributed by atoms with Gasteiger partial charge in [0.05, 0.1) is 5.52 Å². The van der Waals surface area contributed by atoms with Crippen molar-refractivity contribution in [3.63, 3.8) is 0 Å². The molecule has 2 atom stereocenters. The van der Waals surface area contributed by atoms with Gasteiger partial charge >= 0.3 is 0 Å². The molecule has 0 radical (unpaired) electrons. The molecule has 5 aromatic rings. The summed E-state index contributed by atoms with van der Waals surface area (Å²) in [5.41, 5.74) is 2.83. The number of anilines is 1. The molecule has 0 spiro atoms. The number of para-hydroxylation sites is 2. The molecule has 44 heavy (non-hydrogen) atoms. The molecule has 8 heteroatoms. The molecule has 1 aromatic heterocycles. The lowest BCUT2D eigenvalue weighted by Crippen LogP contribution is -2.66. The smallest absolute Gasteiger partial charge is 0.254 e. The van der Waals surface area contributed by atoms with Crippen molar-refractivity contribution < 1.29 is 9.59 Å². The highest BCUT2D eigenvalue weighted by Gasteiger charge is 2.50. The maximum atomic E-state index is 14.6. The number of amides is 2. The molecule has 6 nitrogen and oxygen atoms in total. The van der Waals surface area contributed by atoms with Crippen molar-refractivity contribution in [2.24, 2.45) is 0 Å². The summed E-state index contributed by atoms with van der Waals surface area (Å²) in [7, 11) is 0. The molecule has 1 aliphatic rings. The molecule has 6 rings (SSSR count). The molecule has 1 fully saturated rings. The molecule has 0 unspecified atom stereocenters. The number of halogens is 2. The lowest BCUT2D eigenvalue weighted by atomic mass is 9.77. The number of likely N-dealkylation sites (tertiary alicyclic amines) is 1. The SMILES string of the molecule is O=C(c1cc(Cl)cc(Cl)c1)N1CC[C@H](NCc2ccnc3ccccc23)C[C@]1(Cc1ccccc1)C(=O)Nc1ccccc1. The van der Waals surface area contributed by atoms with Gasteiger partial charge in [-0.1, -0.05) is 89.9 Å². The number of carbonyl (C=O) groups excluding carboxylic acids is 2. The van der Waals surface area contributed by atoms with Gasteiger partial charge in [-0.2, -0.15) is 0 Å². The predicted octanol–water partition coefficient (Wildman–Crippen LogP) is 7.56. The first-order chi connectivity index (χ1) is 21.4. The van der Waals surface area contributed by atoms with Crippen molar-refractivity contribution in [1.82, 2.24) is 15.2 Å². The van der Waals surface area contributed by atoms with Crippen LogP contribution in [0.2, 0.25) is 10.0 Å². The second-order valence-electron chi connectivity index (χ2n) is 11.2. The van der Waals surface area contributed by atoms with Crippen LogP contribution in [0.15, 0.2) is 115 Å². The second-order valence-corrected chi connectivity index (χ2v) is 12.1. The lowest BCUT2D eigenvalue weighted by Gasteiger charge is -2.49. The van der Waals surface area contributed by atoms with E-state index in [1.165, 1.54) is 0 Å². The van der Waals surface area contributed by atoms with Crippen LogP contribution in [0.4, 0.5) is 5.69 Å². The Bertz CT molecular complexity index is 1760. The fourth-order valence-electron chi connectivity index (χ4n) is 6.15. The third kappa shape index (κ3) is 6.48. The van der Waals surface area contributed by atoms with E-state index in [0.29, 0.717) is 53.6 Å². The number of nitrogens with one attached hydrogen (secondary N) is 2. The van der Waals surface area contributed by atoms with E-state index in [0.717, 1.165) is 22.0 Å². The van der Waals surface area contributed by atoms with Crippen LogP contribution < -0.4 is 10.6 Å². The first-order valence-electron chi connectivity index (χ1n) is 14.7. The van der Waals surface area contributed by atoms with Crippen molar-refractivity contribution in [1.29, 1.82) is 0 Å². The zero-order chi connectivity index (χ0) is 30.5. The van der Waals surface area contributed by atoms with Crippen LogP contribution in [0.1, 0.15) is 34.3 Å². The van der Waals surface area contributed by atoms with Gasteiger partial charge < -0.3 is 15.5 Å². The first kappa shape index (κ1) is 29.8. The van der Waals surface area contributed by atoms with Gasteiger partial charge in [0, 0.05) is 58.4 Å². The van der Waals surface area contributed by atoms with E-state index in [4.69, 9.17) is 23.2 Å². The lowest BCUT2D eigenvalue weighted by molar-refractivity contribution is -0.129. The van der Waals surface area contributed by atoms with Gasteiger partial charge in [-0.3, -0.25) is 14.6 Å². The minimum absolute atomic E-state index is 0.0424. The summed E-state index contributed by atoms with van der Waals surface area (Å²) in [5.74, 6) is -0.526. The van der Waals surface area contributed by atoms with E-state index in [-0.39, 0.29) is 17.9 Å². The van der Waals surface area contributed by atoms with Crippen molar-refractivity contribution in [2.75, 3.05) is 11.9 Å². The number of carbonyl (C=O) groups is 2. The van der Waals surface area contributed by atoms with Gasteiger partial charge in [0.15, 0.2) is 0 Å². The maximum absolute atomic E-state index is 14.6. The third-order valence-corrected chi connectivity index (χ3v) is 8.71. The Kier molecular flexibility index (Phi) is 8.94. The molecule has 0 saturated carbocycles. The van der Waals surface area contributed by atoms with Gasteiger partial charge in [-0.05, 0) is 66.4 Å². The van der Waals surface area contributed by atoms with Crippen molar-refractivity contribution in [3.05, 3.63) is 142 Å². The van der Waals surface area contributed by atoms with Gasteiger partial charge in [0.25, 0.3) is 11.8 Å². The number of aromatic nitrogens is 1. The van der Waals surface area contributed by atoms with Crippen LogP contribution in [0.25, 0.3) is 10.9 Å². The molecule has 222 valence electrons. The molecule has 1 saturated heterocycles. The van der Waals surface area contributed by atoms with E-state index in [2.05, 4.69) is 21.7 Å². The standard InChI is InChI=1S/C36H32Cl2N4O2/c37-28-19-27(20-29(38)21-28)34(43)42-18-16-31(40-24-26-15-17-39-33-14-8-7-13-32(26)33)23-36(42,22-25-9-3-1-4-10-25)35(44)41-30-11-5-2-6-12-30/h1-15,17,19-21,31,40H,16,18,22-24H2,(H,41,44)/t31-,36+/m0/s1. The number of piperidine rings is 1. The molecule has 2 heterocycles. The van der Waals surface area contributed by atoms with Crippen molar-refractivity contribution in [2.45, 2.75) is 37.4 Å². The number of hydrogen-bond acceptors (Lipinski definition) is 4. The van der Waals surface area contributed by atoms with Crippen LogP contribution in [-0.4, -0.2) is 39.8 Å². The van der Waals surface area contributed by atoms with E-state index in [9.17, 15) is 9.59 Å². The molecule has 2 amide bonds. The number of hydrogen-bond donors (Lipinski definition) is 2. The monoisotopic (exact) mass is 622 g/mol. The van der Waals surface area contributed by atoms with Gasteiger partial charge in [-0.15, -0.1) is 0 Å². The van der Waals surface area contributed by atoms with Crippen LogP contribution in [0, 0.1) is 0 Å². The number of fused-ring (bicyclic) bond motifs is 1. The van der Waals surface area contributed by atoms with E-state index in [1.807, 2.05) is 91.1 Å². The largest absolute Gasteiger partial charge is 0.324 e. The number of pyridine rings is 1. The molecule has 1 aliphatic heterocycles. The Morgan fingerprint density at radius 3 is 2.30 bits per heavy atom. The van der Waals surface area contributed by atoms with Crippen molar-refractivity contribution in [3.8, 4) is 0 Å². The summed E-state index contributed by atoms with van der Waals surface area (Å²) >= 11 is 12.6. The fourth-order valence-corrected chi connectivity index (χ4v) is 6.68. The number of nitrogens with zero attached hydrogens (tertiary/aromatic N) is 2. The third-order valence-electron chi connectivity index (χ3n) is 8.27. The zero-order valence-corrected chi connectivity index (χ0v) is 25.6. The molecular weight excluding hydrogens is 591 g/mol. The van der Waals surface area contributed by atoms with Crippen LogP contribution in [0.3, 0.4) is 0 Å². The summed E-state index contributed by atoms with van der Waals surface area (Å²) < 4.78 is 0. The number of benzene rings is 4. The Morgan fingerprint density at radius 2 is 1.55 bits per heavy atom. The minimum Gasteiger partial charge on any atom is -0.324 e. The highest BCUT2D eigenvalue weighted by molar-refractivity contribution is 6.35. The van der Waals surface area contributed by atoms with Crippen LogP contribution >= 0.6 is 23.2 Å². The highest BCUT2D eigenvalue weighted by atomic mass is 35.5. The second kappa shape index (κ2) is 13.2. The Labute approximate surface area is 267 Å². The average molecular weight is 624 g/mol. The molecule has 4 aromatic carbocycles. The molecule has 0 aliphatic carbocycles. The van der Waals surface area contributed by atoms with E-state index in [1.54, 1.807) is 23.1 Å². The first-order valence-corrected chi connectivity index (χ1v) is 15.4. The van der Waals surface area contributed by atoms with Gasteiger partial charge in [0.1, 0.15) is 5.54 Å². The van der Waals surface area contributed by atoms with E-state index < -0.39 is 5.54 Å². The Morgan fingerprint density at radius 1 is 0.864 bits per heavy atom. The maximum Gasteiger partial charge on any atom is 0.254 e. The fraction of sp³-hybridized carbons (Fsp3) is 0.194. The number of rotatable bonds is 8. The molecule has 2 N–H and O–H groups in total. The van der Waals surface area contributed by atoms with Crippen molar-refractivity contribution >= 4 is 51.6 Å². The molecular formula is C36H32Cl2N4O2. The Balaban J connectivity index is 1.38.